The highest BCUT2D eigenvalue weighted by atomic mass is 16.2. The smallest absolute Gasteiger partial charge is 0.224 e. The fourth-order valence-electron chi connectivity index (χ4n) is 2.70. The van der Waals surface area contributed by atoms with E-state index >= 15 is 0 Å². The van der Waals surface area contributed by atoms with Crippen molar-refractivity contribution in [1.29, 1.82) is 0 Å². The fourth-order valence-corrected chi connectivity index (χ4v) is 2.70. The lowest BCUT2D eigenvalue weighted by Crippen LogP contribution is -2.35. The van der Waals surface area contributed by atoms with Crippen molar-refractivity contribution in [2.45, 2.75) is 32.7 Å². The minimum absolute atomic E-state index is 0.0197. The summed E-state index contributed by atoms with van der Waals surface area (Å²) >= 11 is 0. The van der Waals surface area contributed by atoms with Gasteiger partial charge in [0.2, 0.25) is 11.8 Å². The zero-order valence-corrected chi connectivity index (χ0v) is 14.9. The second kappa shape index (κ2) is 9.62. The normalized spacial score (nSPS) is 11.8. The van der Waals surface area contributed by atoms with Crippen molar-refractivity contribution >= 4 is 11.8 Å². The number of benzene rings is 2. The lowest BCUT2D eigenvalue weighted by Gasteiger charge is -2.23. The van der Waals surface area contributed by atoms with E-state index in [4.69, 9.17) is 0 Å². The van der Waals surface area contributed by atoms with Gasteiger partial charge in [0.15, 0.2) is 0 Å². The van der Waals surface area contributed by atoms with Crippen molar-refractivity contribution in [3.8, 4) is 0 Å². The molecular weight excluding hydrogens is 312 g/mol. The van der Waals surface area contributed by atoms with Crippen LogP contribution in [0.25, 0.3) is 0 Å². The van der Waals surface area contributed by atoms with Crippen molar-refractivity contribution in [3.63, 3.8) is 0 Å². The van der Waals surface area contributed by atoms with Gasteiger partial charge in [-0.3, -0.25) is 9.59 Å². The van der Waals surface area contributed by atoms with Crippen molar-refractivity contribution in [2.24, 2.45) is 5.92 Å². The molecule has 0 aromatic heterocycles. The van der Waals surface area contributed by atoms with Crippen LogP contribution in [0.3, 0.4) is 0 Å². The number of carbonyl (C=O) groups excluding carboxylic acids is 2. The van der Waals surface area contributed by atoms with Crippen LogP contribution in [-0.4, -0.2) is 18.4 Å². The lowest BCUT2D eigenvalue weighted by atomic mass is 9.96. The number of hydrogen-bond acceptors (Lipinski definition) is 2. The van der Waals surface area contributed by atoms with E-state index in [9.17, 15) is 9.59 Å². The van der Waals surface area contributed by atoms with Gasteiger partial charge in [-0.15, -0.1) is 0 Å². The van der Waals surface area contributed by atoms with Gasteiger partial charge in [-0.25, -0.2) is 0 Å². The SMILES string of the molecule is CC(C)C(NC(=O)CCNC(=O)Cc1ccccc1)c1ccccc1. The Kier molecular flexibility index (Phi) is 7.20. The van der Waals surface area contributed by atoms with Crippen molar-refractivity contribution in [2.75, 3.05) is 6.54 Å². The third kappa shape index (κ3) is 6.42. The molecule has 2 aromatic carbocycles. The third-order valence-electron chi connectivity index (χ3n) is 4.02. The summed E-state index contributed by atoms with van der Waals surface area (Å²) in [6.07, 6.45) is 0.609. The number of carbonyl (C=O) groups is 2. The maximum atomic E-state index is 12.2. The number of rotatable bonds is 8. The number of hydrogen-bond donors (Lipinski definition) is 2. The topological polar surface area (TPSA) is 58.2 Å². The molecule has 0 fully saturated rings. The summed E-state index contributed by atoms with van der Waals surface area (Å²) in [5.41, 5.74) is 2.06. The summed E-state index contributed by atoms with van der Waals surface area (Å²) in [5, 5.41) is 5.87. The molecule has 0 spiro atoms. The average molecular weight is 338 g/mol. The zero-order valence-electron chi connectivity index (χ0n) is 14.9. The summed E-state index contributed by atoms with van der Waals surface area (Å²) in [4.78, 5) is 24.1. The molecule has 1 atom stereocenters. The molecule has 2 N–H and O–H groups in total. The van der Waals surface area contributed by atoms with Crippen LogP contribution in [0.15, 0.2) is 60.7 Å². The summed E-state index contributed by atoms with van der Waals surface area (Å²) in [6.45, 7) is 4.51. The third-order valence-corrected chi connectivity index (χ3v) is 4.02. The quantitative estimate of drug-likeness (QED) is 0.776. The van der Waals surface area contributed by atoms with Crippen LogP contribution in [0.1, 0.15) is 37.4 Å². The van der Waals surface area contributed by atoms with Crippen LogP contribution < -0.4 is 10.6 Å². The summed E-state index contributed by atoms with van der Waals surface area (Å²) in [6, 6.07) is 19.5. The van der Waals surface area contributed by atoms with Crippen LogP contribution in [0, 0.1) is 5.92 Å². The predicted octanol–water partition coefficient (Wildman–Crippen LogP) is 3.25. The second-order valence-electron chi connectivity index (χ2n) is 6.46. The van der Waals surface area contributed by atoms with Crippen LogP contribution >= 0.6 is 0 Å². The number of nitrogens with one attached hydrogen (secondary N) is 2. The Morgan fingerprint density at radius 2 is 1.48 bits per heavy atom. The first-order valence-corrected chi connectivity index (χ1v) is 8.71. The molecule has 2 amide bonds. The Morgan fingerprint density at radius 1 is 0.880 bits per heavy atom. The first-order chi connectivity index (χ1) is 12.1. The van der Waals surface area contributed by atoms with Gasteiger partial charge in [-0.05, 0) is 17.0 Å². The minimum atomic E-state index is -0.0672. The first-order valence-electron chi connectivity index (χ1n) is 8.71. The molecule has 0 aliphatic rings. The molecule has 4 nitrogen and oxygen atoms in total. The summed E-state index contributed by atoms with van der Waals surface area (Å²) < 4.78 is 0. The van der Waals surface area contributed by atoms with Crippen molar-refractivity contribution < 1.29 is 9.59 Å². The molecule has 25 heavy (non-hydrogen) atoms. The lowest BCUT2D eigenvalue weighted by molar-refractivity contribution is -0.122. The van der Waals surface area contributed by atoms with Crippen LogP contribution in [0.2, 0.25) is 0 Å². The van der Waals surface area contributed by atoms with Gasteiger partial charge in [-0.1, -0.05) is 74.5 Å². The van der Waals surface area contributed by atoms with Crippen LogP contribution in [0.4, 0.5) is 0 Å². The maximum absolute atomic E-state index is 12.2. The molecule has 0 saturated carbocycles. The molecular formula is C21H26N2O2. The van der Waals surface area contributed by atoms with Gasteiger partial charge < -0.3 is 10.6 Å². The van der Waals surface area contributed by atoms with E-state index in [1.165, 1.54) is 0 Å². The van der Waals surface area contributed by atoms with Crippen LogP contribution in [-0.2, 0) is 16.0 Å². The highest BCUT2D eigenvalue weighted by Gasteiger charge is 2.17. The van der Waals surface area contributed by atoms with E-state index in [-0.39, 0.29) is 24.3 Å². The largest absolute Gasteiger partial charge is 0.355 e. The molecule has 0 saturated heterocycles. The zero-order chi connectivity index (χ0) is 18.1. The Hall–Kier alpha value is -2.62. The molecule has 132 valence electrons. The average Bonchev–Trinajstić information content (AvgIpc) is 2.61. The number of amides is 2. The Balaban J connectivity index is 1.76. The molecule has 1 unspecified atom stereocenters. The Morgan fingerprint density at radius 3 is 2.08 bits per heavy atom. The first kappa shape index (κ1) is 18.7. The predicted molar refractivity (Wildman–Crippen MR) is 99.9 cm³/mol. The van der Waals surface area contributed by atoms with Gasteiger partial charge in [0, 0.05) is 13.0 Å². The summed E-state index contributed by atoms with van der Waals surface area (Å²) in [5.74, 6) is 0.170. The molecule has 0 bridgehead atoms. The highest BCUT2D eigenvalue weighted by Crippen LogP contribution is 2.21. The van der Waals surface area contributed by atoms with Gasteiger partial charge in [-0.2, -0.15) is 0 Å². The van der Waals surface area contributed by atoms with Crippen LogP contribution in [0.5, 0.6) is 0 Å². The molecule has 0 radical (unpaired) electrons. The molecule has 2 aromatic rings. The van der Waals surface area contributed by atoms with Gasteiger partial charge in [0.1, 0.15) is 0 Å². The molecule has 0 heterocycles. The van der Waals surface area contributed by atoms with E-state index in [0.717, 1.165) is 11.1 Å². The monoisotopic (exact) mass is 338 g/mol. The van der Waals surface area contributed by atoms with E-state index in [1.807, 2.05) is 60.7 Å². The summed E-state index contributed by atoms with van der Waals surface area (Å²) in [7, 11) is 0. The molecule has 0 aliphatic heterocycles. The fraction of sp³-hybridized carbons (Fsp3) is 0.333. The van der Waals surface area contributed by atoms with E-state index < -0.39 is 0 Å². The standard InChI is InChI=1S/C21H26N2O2/c1-16(2)21(18-11-7-4-8-12-18)23-19(24)13-14-22-20(25)15-17-9-5-3-6-10-17/h3-12,16,21H,13-15H2,1-2H3,(H,22,25)(H,23,24). The van der Waals surface area contributed by atoms with Gasteiger partial charge in [0.05, 0.1) is 12.5 Å². The van der Waals surface area contributed by atoms with Gasteiger partial charge in [0.25, 0.3) is 0 Å². The minimum Gasteiger partial charge on any atom is -0.355 e. The van der Waals surface area contributed by atoms with Crippen molar-refractivity contribution in [1.82, 2.24) is 10.6 Å². The van der Waals surface area contributed by atoms with Gasteiger partial charge >= 0.3 is 0 Å². The Labute approximate surface area is 149 Å². The second-order valence-corrected chi connectivity index (χ2v) is 6.46. The molecule has 0 aliphatic carbocycles. The maximum Gasteiger partial charge on any atom is 0.224 e. The molecule has 4 heteroatoms. The van der Waals surface area contributed by atoms with Crippen molar-refractivity contribution in [3.05, 3.63) is 71.8 Å². The molecule has 2 rings (SSSR count). The van der Waals surface area contributed by atoms with E-state index in [2.05, 4.69) is 24.5 Å². The Bertz CT molecular complexity index is 669. The van der Waals surface area contributed by atoms with E-state index in [0.29, 0.717) is 18.9 Å². The highest BCUT2D eigenvalue weighted by molar-refractivity contribution is 5.80. The van der Waals surface area contributed by atoms with E-state index in [1.54, 1.807) is 0 Å².